The number of phosphoric ester groups is 2. The average Bonchev–Trinajstić information content (AvgIpc) is 3.16. The van der Waals surface area contributed by atoms with Crippen LogP contribution in [0, 0.1) is 5.92 Å². The topological polar surface area (TPSA) is 216 Å². The Morgan fingerprint density at radius 2 is 1.10 bits per heavy atom. The van der Waals surface area contributed by atoms with E-state index in [4.69, 9.17) is 23.8 Å². The second-order valence-corrected chi connectivity index (χ2v) is 17.6. The lowest BCUT2D eigenvalue weighted by molar-refractivity contribution is -0.161. The monoisotopic (exact) mass is 866 g/mol. The molecule has 0 spiro atoms. The number of ether oxygens (including phenoxy) is 2. The molecule has 4 atom stereocenters. The van der Waals surface area contributed by atoms with Gasteiger partial charge in [-0.2, -0.15) is 0 Å². The fourth-order valence-electron chi connectivity index (χ4n) is 5.43. The molecule has 0 bridgehead atoms. The number of phosphoric acid groups is 2. The van der Waals surface area contributed by atoms with Crippen LogP contribution in [0.15, 0.2) is 48.6 Å². The minimum Gasteiger partial charge on any atom is -0.462 e. The summed E-state index contributed by atoms with van der Waals surface area (Å²) in [6.45, 7) is 3.81. The predicted octanol–water partition coefficient (Wildman–Crippen LogP) is 9.50. The largest absolute Gasteiger partial charge is 0.472 e. The first-order chi connectivity index (χ1) is 27.6. The summed E-state index contributed by atoms with van der Waals surface area (Å²) < 4.78 is 47.6. The molecular formula is C42H76O14P2. The van der Waals surface area contributed by atoms with Crippen molar-refractivity contribution < 1.29 is 66.7 Å². The van der Waals surface area contributed by atoms with Gasteiger partial charge < -0.3 is 34.4 Å². The smallest absolute Gasteiger partial charge is 0.462 e. The van der Waals surface area contributed by atoms with Crippen LogP contribution in [-0.2, 0) is 41.8 Å². The van der Waals surface area contributed by atoms with E-state index in [1.54, 1.807) is 0 Å². The maximum Gasteiger partial charge on any atom is 0.472 e. The van der Waals surface area contributed by atoms with E-state index in [1.165, 1.54) is 44.9 Å². The molecule has 0 aromatic carbocycles. The van der Waals surface area contributed by atoms with Gasteiger partial charge in [0.05, 0.1) is 25.9 Å². The van der Waals surface area contributed by atoms with E-state index in [9.17, 15) is 33.8 Å². The van der Waals surface area contributed by atoms with Crippen LogP contribution in [-0.4, -0.2) is 81.6 Å². The average molecular weight is 867 g/mol. The van der Waals surface area contributed by atoms with Gasteiger partial charge in [0.15, 0.2) is 6.10 Å². The fourth-order valence-corrected chi connectivity index (χ4v) is 6.58. The van der Waals surface area contributed by atoms with Crippen LogP contribution in [0.25, 0.3) is 0 Å². The molecule has 0 rings (SSSR count). The van der Waals surface area contributed by atoms with Crippen molar-refractivity contribution in [3.05, 3.63) is 48.6 Å². The minimum atomic E-state index is -4.87. The first-order valence-corrected chi connectivity index (χ1v) is 24.3. The molecule has 0 saturated heterocycles. The molecule has 5 N–H and O–H groups in total. The Morgan fingerprint density at radius 3 is 1.69 bits per heavy atom. The van der Waals surface area contributed by atoms with Gasteiger partial charge in [-0.1, -0.05) is 146 Å². The summed E-state index contributed by atoms with van der Waals surface area (Å²) >= 11 is 0. The van der Waals surface area contributed by atoms with E-state index in [0.717, 1.165) is 63.7 Å². The number of rotatable bonds is 39. The fraction of sp³-hybridized carbons (Fsp3) is 0.762. The van der Waals surface area contributed by atoms with Crippen molar-refractivity contribution >= 4 is 27.6 Å². The van der Waals surface area contributed by atoms with Gasteiger partial charge in [-0.15, -0.1) is 0 Å². The van der Waals surface area contributed by atoms with Crippen molar-refractivity contribution in [2.24, 2.45) is 5.92 Å². The summed E-state index contributed by atoms with van der Waals surface area (Å²) in [5.41, 5.74) is 0. The Balaban J connectivity index is 4.66. The van der Waals surface area contributed by atoms with Gasteiger partial charge in [-0.05, 0) is 50.9 Å². The van der Waals surface area contributed by atoms with Gasteiger partial charge in [0.1, 0.15) is 12.7 Å². The number of allylic oxidation sites excluding steroid dienone is 7. The zero-order valence-corrected chi connectivity index (χ0v) is 37.2. The van der Waals surface area contributed by atoms with E-state index in [2.05, 4.69) is 48.0 Å². The van der Waals surface area contributed by atoms with Crippen LogP contribution in [0.5, 0.6) is 0 Å². The van der Waals surface area contributed by atoms with Gasteiger partial charge in [0.25, 0.3) is 0 Å². The van der Waals surface area contributed by atoms with Gasteiger partial charge in [0.2, 0.25) is 0 Å². The molecule has 0 aliphatic rings. The van der Waals surface area contributed by atoms with Crippen LogP contribution in [0.3, 0.4) is 0 Å². The van der Waals surface area contributed by atoms with Crippen LogP contribution < -0.4 is 0 Å². The zero-order valence-electron chi connectivity index (χ0n) is 35.4. The second-order valence-electron chi connectivity index (χ2n) is 14.9. The van der Waals surface area contributed by atoms with E-state index < -0.39 is 66.2 Å². The molecular weight excluding hydrogens is 790 g/mol. The number of unbranched alkanes of at least 4 members (excludes halogenated alkanes) is 11. The van der Waals surface area contributed by atoms with E-state index in [-0.39, 0.29) is 18.9 Å². The predicted molar refractivity (Wildman–Crippen MR) is 227 cm³/mol. The van der Waals surface area contributed by atoms with Crippen molar-refractivity contribution in [2.75, 3.05) is 26.4 Å². The van der Waals surface area contributed by atoms with Crippen LogP contribution >= 0.6 is 15.6 Å². The highest BCUT2D eigenvalue weighted by Crippen LogP contribution is 2.43. The van der Waals surface area contributed by atoms with Crippen molar-refractivity contribution in [3.63, 3.8) is 0 Å². The number of aliphatic hydroxyl groups is 2. The Bertz CT molecular complexity index is 1250. The van der Waals surface area contributed by atoms with Crippen LogP contribution in [0.1, 0.15) is 156 Å². The zero-order chi connectivity index (χ0) is 43.3. The normalized spacial score (nSPS) is 15.2. The molecule has 0 aromatic rings. The molecule has 0 heterocycles. The van der Waals surface area contributed by atoms with Crippen molar-refractivity contribution in [1.82, 2.24) is 0 Å². The van der Waals surface area contributed by atoms with Gasteiger partial charge in [0, 0.05) is 12.8 Å². The molecule has 58 heavy (non-hydrogen) atoms. The highest BCUT2D eigenvalue weighted by Gasteiger charge is 2.28. The summed E-state index contributed by atoms with van der Waals surface area (Å²) in [7, 11) is -9.70. The quantitative estimate of drug-likeness (QED) is 0.0168. The van der Waals surface area contributed by atoms with Crippen LogP contribution in [0.4, 0.5) is 0 Å². The third kappa shape index (κ3) is 40.8. The molecule has 0 fully saturated rings. The first kappa shape index (κ1) is 56.0. The number of carbonyl (C=O) groups excluding carboxylic acids is 2. The second kappa shape index (κ2) is 36.9. The van der Waals surface area contributed by atoms with E-state index >= 15 is 0 Å². The lowest BCUT2D eigenvalue weighted by atomic mass is 10.0. The van der Waals surface area contributed by atoms with Crippen molar-refractivity contribution in [1.29, 1.82) is 0 Å². The Labute approximate surface area is 348 Å². The lowest BCUT2D eigenvalue weighted by Crippen LogP contribution is -2.29. The lowest BCUT2D eigenvalue weighted by Gasteiger charge is -2.20. The maximum atomic E-state index is 12.6. The number of hydrogen-bond acceptors (Lipinski definition) is 11. The standard InChI is InChI=1S/C42H76O14P2/c1-4-5-29-38(43)30-25-21-17-13-8-6-7-9-15-19-23-27-32-42(46)56-40(36-55-58(50,51)54-34-39(44)33-53-57(47,48)49)35-52-41(45)31-26-22-18-14-11-10-12-16-20-24-28-37(2)3/h6-7,13,15,17,19,25,30,37-40,43-44H,4-5,8-12,14,16,18,20-24,26-29,31-36H2,1-3H3,(H,50,51)(H2,47,48,49)/b7-6-,17-13-,19-15-,30-25-/t38-,39+,40-/m1/s1. The van der Waals surface area contributed by atoms with Gasteiger partial charge in [-0.25, -0.2) is 9.13 Å². The van der Waals surface area contributed by atoms with E-state index in [1.807, 2.05) is 30.4 Å². The highest BCUT2D eigenvalue weighted by atomic mass is 31.2. The molecule has 0 aliphatic carbocycles. The summed E-state index contributed by atoms with van der Waals surface area (Å²) in [6, 6.07) is 0. The molecule has 0 aromatic heterocycles. The third-order valence-electron chi connectivity index (χ3n) is 8.71. The summed E-state index contributed by atoms with van der Waals surface area (Å²) in [6.07, 6.45) is 31.8. The molecule has 338 valence electrons. The molecule has 0 amide bonds. The SMILES string of the molecule is CCCC[C@@H](O)/C=C\C/C=C\C/C=C\C/C=C\CCCC(=O)O[C@H](COC(=O)CCCCCCCCCCCCC(C)C)COP(=O)(O)OC[C@@H](O)COP(=O)(O)O. The molecule has 1 unspecified atom stereocenters. The third-order valence-corrected chi connectivity index (χ3v) is 10.1. The number of carbonyl (C=O) groups is 2. The van der Waals surface area contributed by atoms with Crippen molar-refractivity contribution in [3.8, 4) is 0 Å². The molecule has 0 aliphatic heterocycles. The first-order valence-electron chi connectivity index (χ1n) is 21.3. The van der Waals surface area contributed by atoms with Crippen molar-refractivity contribution in [2.45, 2.75) is 174 Å². The maximum absolute atomic E-state index is 12.6. The minimum absolute atomic E-state index is 0.0384. The Kier molecular flexibility index (Phi) is 35.6. The highest BCUT2D eigenvalue weighted by molar-refractivity contribution is 7.47. The van der Waals surface area contributed by atoms with Gasteiger partial charge in [-0.3, -0.25) is 23.2 Å². The molecule has 0 radical (unpaired) electrons. The Morgan fingerprint density at radius 1 is 0.586 bits per heavy atom. The molecule has 16 heteroatoms. The summed E-state index contributed by atoms with van der Waals surface area (Å²) in [5.74, 6) is -0.354. The number of hydrogen-bond donors (Lipinski definition) is 5. The van der Waals surface area contributed by atoms with Gasteiger partial charge >= 0.3 is 27.6 Å². The molecule has 0 saturated carbocycles. The van der Waals surface area contributed by atoms with E-state index in [0.29, 0.717) is 19.3 Å². The molecule has 14 nitrogen and oxygen atoms in total. The number of esters is 2. The number of aliphatic hydroxyl groups excluding tert-OH is 2. The summed E-state index contributed by atoms with van der Waals surface area (Å²) in [4.78, 5) is 52.6. The summed E-state index contributed by atoms with van der Waals surface area (Å²) in [5, 5.41) is 19.5. The Hall–Kier alpha value is -1.96. The van der Waals surface area contributed by atoms with Crippen LogP contribution in [0.2, 0.25) is 0 Å².